The maximum atomic E-state index is 12.4. The maximum absolute atomic E-state index is 12.4. The average molecular weight is 413 g/mol. The number of amides is 3. The fourth-order valence-electron chi connectivity index (χ4n) is 2.61. The van der Waals surface area contributed by atoms with E-state index in [1.54, 1.807) is 42.1 Å². The van der Waals surface area contributed by atoms with Gasteiger partial charge in [0.2, 0.25) is 5.91 Å². The summed E-state index contributed by atoms with van der Waals surface area (Å²) in [6.07, 6.45) is 1.07. The van der Waals surface area contributed by atoms with Crippen LogP contribution in [0.15, 0.2) is 29.2 Å². The predicted octanol–water partition coefficient (Wildman–Crippen LogP) is 2.36. The summed E-state index contributed by atoms with van der Waals surface area (Å²) in [5.74, 6) is 0.567. The first kappa shape index (κ1) is 19.3. The van der Waals surface area contributed by atoms with Gasteiger partial charge in [-0.25, -0.2) is 0 Å². The number of nitrogens with zero attached hydrogens (tertiary/aromatic N) is 1. The van der Waals surface area contributed by atoms with Gasteiger partial charge in [0, 0.05) is 29.5 Å². The monoisotopic (exact) mass is 412 g/mol. The number of carbonyl (C=O) groups is 3. The topological polar surface area (TPSA) is 86.7 Å². The lowest BCUT2D eigenvalue weighted by Crippen LogP contribution is -2.43. The van der Waals surface area contributed by atoms with Crippen molar-refractivity contribution in [3.05, 3.63) is 39.8 Å². The molecule has 1 aromatic rings. The number of hydrogen-bond donors (Lipinski definition) is 2. The molecule has 2 saturated heterocycles. The quantitative estimate of drug-likeness (QED) is 0.722. The summed E-state index contributed by atoms with van der Waals surface area (Å²) in [4.78, 5) is 37.9. The Labute approximate surface area is 164 Å². The summed E-state index contributed by atoms with van der Waals surface area (Å²) < 4.78 is 0. The van der Waals surface area contributed by atoms with Crippen LogP contribution in [0.3, 0.4) is 0 Å². The van der Waals surface area contributed by atoms with E-state index < -0.39 is 17.3 Å². The summed E-state index contributed by atoms with van der Waals surface area (Å²) in [6.45, 7) is 0.0132. The maximum Gasteiger partial charge on any atom is 0.293 e. The minimum atomic E-state index is -0.554. The van der Waals surface area contributed by atoms with Crippen LogP contribution in [0.5, 0.6) is 0 Å². The lowest BCUT2D eigenvalue weighted by molar-refractivity contribution is -0.124. The molecule has 0 bridgehead atoms. The van der Waals surface area contributed by atoms with Crippen molar-refractivity contribution in [3.8, 4) is 0 Å². The molecule has 2 N–H and O–H groups in total. The molecule has 9 heteroatoms. The van der Waals surface area contributed by atoms with Crippen LogP contribution in [0.2, 0.25) is 5.02 Å². The molecule has 1 aromatic carbocycles. The molecule has 3 rings (SSSR count). The summed E-state index contributed by atoms with van der Waals surface area (Å²) in [7, 11) is 0. The normalized spacial score (nSPS) is 24.5. The van der Waals surface area contributed by atoms with Crippen LogP contribution in [-0.4, -0.2) is 57.3 Å². The Hall–Kier alpha value is -1.48. The Kier molecular flexibility index (Phi) is 6.29. The molecule has 6 nitrogen and oxygen atoms in total. The number of carbonyl (C=O) groups excluding carboxylic acids is 3. The molecule has 0 aromatic heterocycles. The summed E-state index contributed by atoms with van der Waals surface area (Å²) in [5.41, 5.74) is 0.730. The van der Waals surface area contributed by atoms with E-state index in [1.165, 1.54) is 0 Å². The fraction of sp³-hybridized carbons (Fsp3) is 0.353. The third-order valence-corrected chi connectivity index (χ3v) is 6.29. The zero-order chi connectivity index (χ0) is 18.7. The summed E-state index contributed by atoms with van der Waals surface area (Å²) >= 11 is 8.35. The summed E-state index contributed by atoms with van der Waals surface area (Å²) in [6, 6.07) is 6.71. The van der Waals surface area contributed by atoms with Gasteiger partial charge in [0.25, 0.3) is 11.1 Å². The second kappa shape index (κ2) is 8.47. The van der Waals surface area contributed by atoms with E-state index >= 15 is 0 Å². The number of hydrogen-bond acceptors (Lipinski definition) is 6. The van der Waals surface area contributed by atoms with Crippen molar-refractivity contribution in [2.45, 2.75) is 18.6 Å². The van der Waals surface area contributed by atoms with E-state index in [0.717, 1.165) is 22.2 Å². The number of imide groups is 1. The van der Waals surface area contributed by atoms with Gasteiger partial charge in [-0.05, 0) is 35.5 Å². The van der Waals surface area contributed by atoms with Crippen molar-refractivity contribution in [1.82, 2.24) is 10.2 Å². The zero-order valence-corrected chi connectivity index (χ0v) is 16.1. The van der Waals surface area contributed by atoms with E-state index in [1.807, 2.05) is 0 Å². The minimum absolute atomic E-state index is 0.0103. The first-order valence-electron chi connectivity index (χ1n) is 8.00. The largest absolute Gasteiger partial charge is 0.390 e. The van der Waals surface area contributed by atoms with Crippen molar-refractivity contribution in [2.24, 2.45) is 0 Å². The van der Waals surface area contributed by atoms with Crippen LogP contribution in [0.1, 0.15) is 12.0 Å². The highest BCUT2D eigenvalue weighted by atomic mass is 35.5. The van der Waals surface area contributed by atoms with Crippen LogP contribution < -0.4 is 5.32 Å². The second-order valence-corrected chi connectivity index (χ2v) is 8.42. The van der Waals surface area contributed by atoms with Gasteiger partial charge in [0.05, 0.1) is 17.1 Å². The lowest BCUT2D eigenvalue weighted by atomic mass is 10.2. The van der Waals surface area contributed by atoms with Crippen LogP contribution in [0.4, 0.5) is 4.79 Å². The van der Waals surface area contributed by atoms with Gasteiger partial charge in [-0.2, -0.15) is 11.8 Å². The average Bonchev–Trinajstić information content (AvgIpc) is 3.10. The highest BCUT2D eigenvalue weighted by Gasteiger charge is 2.35. The Balaban J connectivity index is 1.58. The first-order valence-corrected chi connectivity index (χ1v) is 10.3. The van der Waals surface area contributed by atoms with Gasteiger partial charge in [0.15, 0.2) is 0 Å². The highest BCUT2D eigenvalue weighted by Crippen LogP contribution is 2.32. The molecule has 2 heterocycles. The van der Waals surface area contributed by atoms with Gasteiger partial charge >= 0.3 is 0 Å². The molecule has 26 heavy (non-hydrogen) atoms. The SMILES string of the molecule is O=C(CCN1C(=O)S/C(=C\c2cccc(Cl)c2)C1=O)NC1CSCC1O. The van der Waals surface area contributed by atoms with Gasteiger partial charge in [0.1, 0.15) is 0 Å². The predicted molar refractivity (Wildman–Crippen MR) is 104 cm³/mol. The van der Waals surface area contributed by atoms with E-state index in [2.05, 4.69) is 5.32 Å². The Morgan fingerprint density at radius 2 is 2.19 bits per heavy atom. The molecular formula is C17H17ClN2O4S2. The highest BCUT2D eigenvalue weighted by molar-refractivity contribution is 8.18. The number of thioether (sulfide) groups is 2. The Morgan fingerprint density at radius 1 is 1.38 bits per heavy atom. The number of benzene rings is 1. The lowest BCUT2D eigenvalue weighted by Gasteiger charge is -2.17. The molecular weight excluding hydrogens is 396 g/mol. The van der Waals surface area contributed by atoms with Crippen molar-refractivity contribution < 1.29 is 19.5 Å². The van der Waals surface area contributed by atoms with Crippen LogP contribution in [-0.2, 0) is 9.59 Å². The number of aliphatic hydroxyl groups is 1. The van der Waals surface area contributed by atoms with Crippen molar-refractivity contribution in [3.63, 3.8) is 0 Å². The van der Waals surface area contributed by atoms with Crippen molar-refractivity contribution in [2.75, 3.05) is 18.1 Å². The molecule has 2 atom stereocenters. The fourth-order valence-corrected chi connectivity index (χ4v) is 4.85. The van der Waals surface area contributed by atoms with Crippen LogP contribution in [0.25, 0.3) is 6.08 Å². The number of rotatable bonds is 5. The molecule has 2 unspecified atom stereocenters. The second-order valence-electron chi connectivity index (χ2n) is 5.92. The number of halogens is 1. The van der Waals surface area contributed by atoms with E-state index in [9.17, 15) is 19.5 Å². The molecule has 2 aliphatic heterocycles. The van der Waals surface area contributed by atoms with Crippen molar-refractivity contribution in [1.29, 1.82) is 0 Å². The van der Waals surface area contributed by atoms with E-state index in [4.69, 9.17) is 11.6 Å². The van der Waals surface area contributed by atoms with E-state index in [0.29, 0.717) is 21.4 Å². The third-order valence-electron chi connectivity index (χ3n) is 3.98. The van der Waals surface area contributed by atoms with Crippen LogP contribution >= 0.6 is 35.1 Å². The minimum Gasteiger partial charge on any atom is -0.390 e. The van der Waals surface area contributed by atoms with E-state index in [-0.39, 0.29) is 24.9 Å². The molecule has 0 spiro atoms. The molecule has 0 radical (unpaired) electrons. The Bertz CT molecular complexity index is 771. The molecule has 3 amide bonds. The van der Waals surface area contributed by atoms with Gasteiger partial charge in [-0.3, -0.25) is 19.3 Å². The van der Waals surface area contributed by atoms with Crippen LogP contribution in [0, 0.1) is 0 Å². The van der Waals surface area contributed by atoms with Gasteiger partial charge in [-0.15, -0.1) is 0 Å². The van der Waals surface area contributed by atoms with Gasteiger partial charge < -0.3 is 10.4 Å². The standard InChI is InChI=1S/C17H17ClN2O4S2/c18-11-3-1-2-10(6-11)7-14-16(23)20(17(24)26-14)5-4-15(22)19-12-8-25-9-13(12)21/h1-3,6-7,12-13,21H,4-5,8-9H2,(H,19,22)/b14-7-. The third kappa shape index (κ3) is 4.62. The Morgan fingerprint density at radius 3 is 2.88 bits per heavy atom. The zero-order valence-electron chi connectivity index (χ0n) is 13.7. The molecule has 138 valence electrons. The molecule has 0 saturated carbocycles. The molecule has 0 aliphatic carbocycles. The summed E-state index contributed by atoms with van der Waals surface area (Å²) in [5, 5.41) is 12.6. The smallest absolute Gasteiger partial charge is 0.293 e. The first-order chi connectivity index (χ1) is 12.4. The van der Waals surface area contributed by atoms with Crippen molar-refractivity contribution >= 4 is 58.3 Å². The molecule has 2 aliphatic rings. The molecule has 2 fully saturated rings. The number of aliphatic hydroxyl groups excluding tert-OH is 1. The van der Waals surface area contributed by atoms with Gasteiger partial charge in [-0.1, -0.05) is 23.7 Å². The number of nitrogens with one attached hydrogen (secondary N) is 1.